The number of carbonyl (C=O) groups is 2. The van der Waals surface area contributed by atoms with Gasteiger partial charge in [-0.05, 0) is 12.8 Å². The van der Waals surface area contributed by atoms with Gasteiger partial charge in [0.1, 0.15) is 6.04 Å². The summed E-state index contributed by atoms with van der Waals surface area (Å²) in [5.41, 5.74) is 0. The molecule has 0 aliphatic carbocycles. The molecule has 1 heterocycles. The molecule has 1 aliphatic rings. The molecule has 1 aliphatic heterocycles. The highest BCUT2D eigenvalue weighted by atomic mass is 16.2. The summed E-state index contributed by atoms with van der Waals surface area (Å²) in [5.74, 6) is -0.157. The first-order valence-corrected chi connectivity index (χ1v) is 4.32. The van der Waals surface area contributed by atoms with Gasteiger partial charge in [0.2, 0.25) is 0 Å². The average Bonchev–Trinajstić information content (AvgIpc) is 2.28. The van der Waals surface area contributed by atoms with E-state index < -0.39 is 0 Å². The van der Waals surface area contributed by atoms with E-state index in [2.05, 4.69) is 5.32 Å². The molecule has 1 fully saturated rings. The fourth-order valence-electron chi connectivity index (χ4n) is 1.45. The summed E-state index contributed by atoms with van der Waals surface area (Å²) in [4.78, 5) is 23.9. The second-order valence-electron chi connectivity index (χ2n) is 2.91. The summed E-state index contributed by atoms with van der Waals surface area (Å²) in [5, 5.41) is 2.30. The predicted molar refractivity (Wildman–Crippen MR) is 44.6 cm³/mol. The van der Waals surface area contributed by atoms with Gasteiger partial charge < -0.3 is 4.90 Å². The first-order chi connectivity index (χ1) is 5.70. The van der Waals surface area contributed by atoms with Crippen molar-refractivity contribution in [2.75, 3.05) is 6.54 Å². The molecular formula is C8H14N2O2. The Kier molecular flexibility index (Phi) is 2.68. The van der Waals surface area contributed by atoms with Crippen LogP contribution in [-0.2, 0) is 4.79 Å². The molecule has 1 unspecified atom stereocenters. The monoisotopic (exact) mass is 170 g/mol. The van der Waals surface area contributed by atoms with Gasteiger partial charge in [-0.1, -0.05) is 13.8 Å². The lowest BCUT2D eigenvalue weighted by Crippen LogP contribution is -2.35. The van der Waals surface area contributed by atoms with Crippen LogP contribution >= 0.6 is 0 Å². The molecule has 4 nitrogen and oxygen atoms in total. The lowest BCUT2D eigenvalue weighted by Gasteiger charge is -2.18. The van der Waals surface area contributed by atoms with E-state index in [9.17, 15) is 9.59 Å². The summed E-state index contributed by atoms with van der Waals surface area (Å²) in [6.07, 6.45) is 1.58. The minimum atomic E-state index is -0.242. The van der Waals surface area contributed by atoms with Crippen LogP contribution in [0.2, 0.25) is 0 Å². The van der Waals surface area contributed by atoms with Crippen molar-refractivity contribution in [1.82, 2.24) is 10.2 Å². The van der Waals surface area contributed by atoms with Crippen molar-refractivity contribution in [1.29, 1.82) is 0 Å². The van der Waals surface area contributed by atoms with Gasteiger partial charge in [0.25, 0.3) is 5.91 Å². The largest absolute Gasteiger partial charge is 0.324 e. The van der Waals surface area contributed by atoms with Crippen molar-refractivity contribution >= 4 is 11.9 Å². The second-order valence-corrected chi connectivity index (χ2v) is 2.91. The molecule has 0 radical (unpaired) electrons. The number of nitrogens with one attached hydrogen (secondary N) is 1. The third-order valence-electron chi connectivity index (χ3n) is 2.02. The van der Waals surface area contributed by atoms with Crippen molar-refractivity contribution in [3.8, 4) is 0 Å². The minimum absolute atomic E-state index is 0.157. The molecule has 12 heavy (non-hydrogen) atoms. The first-order valence-electron chi connectivity index (χ1n) is 4.32. The minimum Gasteiger partial charge on any atom is -0.312 e. The van der Waals surface area contributed by atoms with E-state index in [1.165, 1.54) is 0 Å². The number of hydrogen-bond donors (Lipinski definition) is 1. The van der Waals surface area contributed by atoms with Gasteiger partial charge in [-0.3, -0.25) is 10.1 Å². The van der Waals surface area contributed by atoms with Gasteiger partial charge in [-0.15, -0.1) is 0 Å². The second kappa shape index (κ2) is 3.56. The average molecular weight is 170 g/mol. The quantitative estimate of drug-likeness (QED) is 0.635. The number of nitrogens with zero attached hydrogens (tertiary/aromatic N) is 1. The van der Waals surface area contributed by atoms with Gasteiger partial charge >= 0.3 is 6.03 Å². The van der Waals surface area contributed by atoms with Crippen LogP contribution in [-0.4, -0.2) is 29.4 Å². The lowest BCUT2D eigenvalue weighted by molar-refractivity contribution is -0.121. The van der Waals surface area contributed by atoms with E-state index in [0.717, 1.165) is 6.42 Å². The molecule has 1 rings (SSSR count). The van der Waals surface area contributed by atoms with Crippen molar-refractivity contribution < 1.29 is 9.59 Å². The number of imide groups is 1. The topological polar surface area (TPSA) is 49.4 Å². The first kappa shape index (κ1) is 9.03. The van der Waals surface area contributed by atoms with Gasteiger partial charge in [0.05, 0.1) is 0 Å². The number of urea groups is 1. The fourth-order valence-corrected chi connectivity index (χ4v) is 1.45. The van der Waals surface area contributed by atoms with E-state index in [1.807, 2.05) is 13.8 Å². The molecule has 0 aromatic heterocycles. The maximum absolute atomic E-state index is 11.1. The molecule has 4 heteroatoms. The summed E-state index contributed by atoms with van der Waals surface area (Å²) < 4.78 is 0. The number of rotatable bonds is 3. The van der Waals surface area contributed by atoms with Gasteiger partial charge in [0, 0.05) is 6.54 Å². The molecule has 0 bridgehead atoms. The Morgan fingerprint density at radius 1 is 1.42 bits per heavy atom. The zero-order valence-corrected chi connectivity index (χ0v) is 7.46. The molecular weight excluding hydrogens is 156 g/mol. The number of hydrogen-bond acceptors (Lipinski definition) is 2. The van der Waals surface area contributed by atoms with E-state index in [0.29, 0.717) is 13.0 Å². The van der Waals surface area contributed by atoms with E-state index >= 15 is 0 Å². The predicted octanol–water partition coefficient (Wildman–Crippen LogP) is 0.727. The normalized spacial score (nSPS) is 23.2. The maximum Gasteiger partial charge on any atom is 0.324 e. The van der Waals surface area contributed by atoms with Crippen molar-refractivity contribution in [2.45, 2.75) is 32.7 Å². The van der Waals surface area contributed by atoms with Crippen LogP contribution in [0.4, 0.5) is 4.79 Å². The van der Waals surface area contributed by atoms with E-state index in [-0.39, 0.29) is 18.0 Å². The van der Waals surface area contributed by atoms with Crippen molar-refractivity contribution in [2.24, 2.45) is 0 Å². The van der Waals surface area contributed by atoms with Crippen LogP contribution in [0.1, 0.15) is 26.7 Å². The van der Waals surface area contributed by atoms with Gasteiger partial charge in [0.15, 0.2) is 0 Å². The SMILES string of the molecule is CCCN1C(=O)NC(=O)C1CC. The highest BCUT2D eigenvalue weighted by Crippen LogP contribution is 2.11. The van der Waals surface area contributed by atoms with E-state index in [1.54, 1.807) is 4.90 Å². The lowest BCUT2D eigenvalue weighted by atomic mass is 10.2. The Bertz CT molecular complexity index is 203. The van der Waals surface area contributed by atoms with Crippen LogP contribution < -0.4 is 5.32 Å². The molecule has 1 saturated heterocycles. The fraction of sp³-hybridized carbons (Fsp3) is 0.750. The molecule has 68 valence electrons. The third-order valence-corrected chi connectivity index (χ3v) is 2.02. The highest BCUT2D eigenvalue weighted by Gasteiger charge is 2.35. The molecule has 1 atom stereocenters. The van der Waals surface area contributed by atoms with Gasteiger partial charge in [-0.2, -0.15) is 0 Å². The molecule has 0 aromatic rings. The Morgan fingerprint density at radius 3 is 2.58 bits per heavy atom. The van der Waals surface area contributed by atoms with Gasteiger partial charge in [-0.25, -0.2) is 4.79 Å². The zero-order valence-electron chi connectivity index (χ0n) is 7.46. The smallest absolute Gasteiger partial charge is 0.312 e. The molecule has 0 aromatic carbocycles. The van der Waals surface area contributed by atoms with E-state index in [4.69, 9.17) is 0 Å². The van der Waals surface area contributed by atoms with Crippen LogP contribution in [0.25, 0.3) is 0 Å². The van der Waals surface area contributed by atoms with Crippen molar-refractivity contribution in [3.63, 3.8) is 0 Å². The molecule has 3 amide bonds. The number of carbonyl (C=O) groups excluding carboxylic acids is 2. The molecule has 0 saturated carbocycles. The van der Waals surface area contributed by atoms with Crippen molar-refractivity contribution in [3.05, 3.63) is 0 Å². The van der Waals surface area contributed by atoms with Crippen LogP contribution in [0.15, 0.2) is 0 Å². The Labute approximate surface area is 71.9 Å². The van der Waals surface area contributed by atoms with Crippen LogP contribution in [0.5, 0.6) is 0 Å². The summed E-state index contributed by atoms with van der Waals surface area (Å²) in [7, 11) is 0. The Morgan fingerprint density at radius 2 is 2.08 bits per heavy atom. The summed E-state index contributed by atoms with van der Waals surface area (Å²) >= 11 is 0. The molecule has 0 spiro atoms. The summed E-state index contributed by atoms with van der Waals surface area (Å²) in [6.45, 7) is 4.56. The molecule has 1 N–H and O–H groups in total. The summed E-state index contributed by atoms with van der Waals surface area (Å²) in [6, 6.07) is -0.480. The van der Waals surface area contributed by atoms with Crippen LogP contribution in [0.3, 0.4) is 0 Å². The zero-order chi connectivity index (χ0) is 9.14. The highest BCUT2D eigenvalue weighted by molar-refractivity contribution is 6.04. The van der Waals surface area contributed by atoms with Crippen LogP contribution in [0, 0.1) is 0 Å². The standard InChI is InChI=1S/C8H14N2O2/c1-3-5-10-6(4-2)7(11)9-8(10)12/h6H,3-5H2,1-2H3,(H,9,11,12). The Balaban J connectivity index is 2.68. The number of amides is 3. The Hall–Kier alpha value is -1.06. The maximum atomic E-state index is 11.1. The third kappa shape index (κ3) is 1.42.